The van der Waals surface area contributed by atoms with Crippen LogP contribution in [0.2, 0.25) is 0 Å². The van der Waals surface area contributed by atoms with Crippen molar-refractivity contribution in [1.29, 1.82) is 0 Å². The van der Waals surface area contributed by atoms with Crippen LogP contribution < -0.4 is 0 Å². The van der Waals surface area contributed by atoms with Gasteiger partial charge in [0.2, 0.25) is 0 Å². The molecule has 0 aromatic carbocycles. The Labute approximate surface area is 211 Å². The van der Waals surface area contributed by atoms with E-state index in [1.807, 2.05) is 6.08 Å². The summed E-state index contributed by atoms with van der Waals surface area (Å²) in [5, 5.41) is 20.5. The molecule has 0 amide bonds. The van der Waals surface area contributed by atoms with E-state index in [0.29, 0.717) is 30.5 Å². The highest BCUT2D eigenvalue weighted by atomic mass is 16.4. The van der Waals surface area contributed by atoms with E-state index < -0.39 is 11.6 Å². The first-order valence-electron chi connectivity index (χ1n) is 14.7. The molecular weight excluding hydrogens is 436 g/mol. The van der Waals surface area contributed by atoms with Crippen LogP contribution in [0.4, 0.5) is 0 Å². The van der Waals surface area contributed by atoms with Gasteiger partial charge in [0, 0.05) is 18.3 Å². The molecule has 0 radical (unpaired) electrons. The smallest absolute Gasteiger partial charge is 0.303 e. The van der Waals surface area contributed by atoms with Gasteiger partial charge in [-0.05, 0) is 98.7 Å². The molecule has 5 aliphatic rings. The summed E-state index contributed by atoms with van der Waals surface area (Å²) in [5.41, 5.74) is 4.53. The van der Waals surface area contributed by atoms with Gasteiger partial charge < -0.3 is 10.2 Å². The number of carbonyl (C=O) groups is 2. The van der Waals surface area contributed by atoms with Crippen molar-refractivity contribution in [2.24, 2.45) is 22.7 Å². The van der Waals surface area contributed by atoms with Crippen LogP contribution in [0.25, 0.3) is 0 Å². The number of unbranched alkanes of at least 4 members (excludes halogenated alkanes) is 7. The summed E-state index contributed by atoms with van der Waals surface area (Å²) >= 11 is 0. The van der Waals surface area contributed by atoms with Crippen LogP contribution in [0.1, 0.15) is 129 Å². The lowest BCUT2D eigenvalue weighted by atomic mass is 9.47. The maximum absolute atomic E-state index is 12.2. The number of allylic oxidation sites excluding steroid dienone is 4. The predicted molar refractivity (Wildman–Crippen MR) is 138 cm³/mol. The van der Waals surface area contributed by atoms with Crippen molar-refractivity contribution in [1.82, 2.24) is 0 Å². The first kappa shape index (κ1) is 25.2. The van der Waals surface area contributed by atoms with Gasteiger partial charge in [-0.1, -0.05) is 57.4 Å². The van der Waals surface area contributed by atoms with Crippen LogP contribution in [-0.4, -0.2) is 27.6 Å². The number of hydrogen-bond donors (Lipinski definition) is 2. The minimum Gasteiger partial charge on any atom is -0.481 e. The fraction of sp³-hybridized carbons (Fsp3) is 0.806. The molecule has 35 heavy (non-hydrogen) atoms. The molecule has 2 N–H and O–H groups in total. The molecular formula is C31H46O4. The monoisotopic (exact) mass is 482 g/mol. The van der Waals surface area contributed by atoms with Crippen LogP contribution in [0, 0.1) is 22.7 Å². The van der Waals surface area contributed by atoms with Crippen molar-refractivity contribution in [3.05, 3.63) is 22.8 Å². The Morgan fingerprint density at radius 2 is 1.60 bits per heavy atom. The highest BCUT2D eigenvalue weighted by Crippen LogP contribution is 2.78. The van der Waals surface area contributed by atoms with Crippen LogP contribution in [0.15, 0.2) is 22.8 Å². The summed E-state index contributed by atoms with van der Waals surface area (Å²) in [6.07, 6.45) is 22.2. The highest BCUT2D eigenvalue weighted by Gasteiger charge is 2.73. The normalized spacial score (nSPS) is 37.7. The van der Waals surface area contributed by atoms with E-state index in [-0.39, 0.29) is 10.8 Å². The zero-order chi connectivity index (χ0) is 24.7. The maximum atomic E-state index is 12.2. The molecule has 2 bridgehead atoms. The molecule has 3 saturated carbocycles. The van der Waals surface area contributed by atoms with Gasteiger partial charge in [-0.25, -0.2) is 0 Å². The number of ketones is 1. The number of carboxylic acids is 1. The molecule has 4 nitrogen and oxygen atoms in total. The fourth-order valence-corrected chi connectivity index (χ4v) is 9.48. The van der Waals surface area contributed by atoms with Gasteiger partial charge in [0.05, 0.1) is 5.60 Å². The maximum Gasteiger partial charge on any atom is 0.303 e. The first-order chi connectivity index (χ1) is 16.8. The third-order valence-electron chi connectivity index (χ3n) is 11.3. The molecule has 0 saturated heterocycles. The Hall–Kier alpha value is -1.42. The second-order valence-electron chi connectivity index (χ2n) is 12.8. The number of aliphatic hydroxyl groups is 1. The van der Waals surface area contributed by atoms with Gasteiger partial charge in [0.25, 0.3) is 0 Å². The predicted octanol–water partition coefficient (Wildman–Crippen LogP) is 7.30. The van der Waals surface area contributed by atoms with Gasteiger partial charge in [0.15, 0.2) is 5.78 Å². The second-order valence-corrected chi connectivity index (χ2v) is 12.8. The summed E-state index contributed by atoms with van der Waals surface area (Å²) in [6, 6.07) is 0. The van der Waals surface area contributed by atoms with Gasteiger partial charge in [-0.2, -0.15) is 0 Å². The van der Waals surface area contributed by atoms with Crippen molar-refractivity contribution in [2.75, 3.05) is 0 Å². The molecule has 5 rings (SSSR count). The molecule has 194 valence electrons. The largest absolute Gasteiger partial charge is 0.481 e. The molecule has 0 aliphatic heterocycles. The standard InChI is InChI=1S/C31H46O4/c1-29-21-23(10-8-6-4-2-3-5-7-9-11-27(33)34)28-25-14-13-24(32)20-22(25)12-15-26(28)30(29)16-18-31(29,35)19-17-30/h20,23,26,35H,2-19,21H2,1H3,(H,33,34)/t23-,26+,29-,30?,31?/m0/s1. The van der Waals surface area contributed by atoms with Crippen molar-refractivity contribution in [3.63, 3.8) is 0 Å². The molecule has 3 fully saturated rings. The lowest BCUT2D eigenvalue weighted by Crippen LogP contribution is -2.53. The van der Waals surface area contributed by atoms with Gasteiger partial charge in [-0.15, -0.1) is 0 Å². The highest BCUT2D eigenvalue weighted by molar-refractivity contribution is 5.93. The van der Waals surface area contributed by atoms with E-state index in [0.717, 1.165) is 51.4 Å². The summed E-state index contributed by atoms with van der Waals surface area (Å²) in [7, 11) is 0. The zero-order valence-corrected chi connectivity index (χ0v) is 21.9. The average molecular weight is 483 g/mol. The number of hydrogen-bond acceptors (Lipinski definition) is 3. The molecule has 0 heterocycles. The van der Waals surface area contributed by atoms with Gasteiger partial charge in [-0.3, -0.25) is 9.59 Å². The number of aliphatic carboxylic acids is 1. The minimum atomic E-state index is -0.677. The van der Waals surface area contributed by atoms with Crippen molar-refractivity contribution in [2.45, 2.75) is 135 Å². The third kappa shape index (κ3) is 4.26. The average Bonchev–Trinajstić information content (AvgIpc) is 3.19. The summed E-state index contributed by atoms with van der Waals surface area (Å²) in [4.78, 5) is 22.8. The lowest BCUT2D eigenvalue weighted by Gasteiger charge is -2.58. The Balaban J connectivity index is 1.24. The Morgan fingerprint density at radius 1 is 0.943 bits per heavy atom. The van der Waals surface area contributed by atoms with Gasteiger partial charge in [0.1, 0.15) is 0 Å². The molecule has 3 atom stereocenters. The Bertz CT molecular complexity index is 903. The number of carbonyl (C=O) groups excluding carboxylic acids is 1. The Morgan fingerprint density at radius 3 is 2.29 bits per heavy atom. The lowest BCUT2D eigenvalue weighted by molar-refractivity contribution is -0.137. The molecule has 0 aromatic heterocycles. The molecule has 4 heteroatoms. The third-order valence-corrected chi connectivity index (χ3v) is 11.3. The van der Waals surface area contributed by atoms with Crippen LogP contribution in [-0.2, 0) is 9.59 Å². The molecule has 0 spiro atoms. The van der Waals surface area contributed by atoms with E-state index in [1.54, 1.807) is 11.1 Å². The van der Waals surface area contributed by atoms with E-state index in [4.69, 9.17) is 5.11 Å². The quantitative estimate of drug-likeness (QED) is 0.303. The molecule has 5 aliphatic carbocycles. The summed E-state index contributed by atoms with van der Waals surface area (Å²) in [6.45, 7) is 2.45. The first-order valence-corrected chi connectivity index (χ1v) is 14.7. The van der Waals surface area contributed by atoms with E-state index >= 15 is 0 Å². The van der Waals surface area contributed by atoms with Crippen LogP contribution in [0.3, 0.4) is 0 Å². The number of fused-ring (bicyclic) bond motifs is 2. The zero-order valence-electron chi connectivity index (χ0n) is 21.9. The number of rotatable bonds is 11. The van der Waals surface area contributed by atoms with Gasteiger partial charge >= 0.3 is 5.97 Å². The van der Waals surface area contributed by atoms with E-state index in [1.165, 1.54) is 63.4 Å². The summed E-state index contributed by atoms with van der Waals surface area (Å²) in [5.74, 6) is 0.832. The van der Waals surface area contributed by atoms with E-state index in [2.05, 4.69) is 6.92 Å². The number of carboxylic acid groups (broad SMARTS) is 1. The topological polar surface area (TPSA) is 74.6 Å². The minimum absolute atomic E-state index is 0.0566. The Kier molecular flexibility index (Phi) is 7.07. The molecule has 0 unspecified atom stereocenters. The molecule has 0 aromatic rings. The fourth-order valence-electron chi connectivity index (χ4n) is 9.48. The van der Waals surface area contributed by atoms with Crippen molar-refractivity contribution in [3.8, 4) is 0 Å². The SMILES string of the molecule is C[C@]12C[C@H](CCCCCCCCCCC(=O)O)C3=C4CCC(=O)C=C4CC[C@H]3C13CCC2(O)CC3. The van der Waals surface area contributed by atoms with Crippen molar-refractivity contribution >= 4 is 11.8 Å². The van der Waals surface area contributed by atoms with Crippen molar-refractivity contribution < 1.29 is 19.8 Å². The van der Waals surface area contributed by atoms with Crippen LogP contribution in [0.5, 0.6) is 0 Å². The van der Waals surface area contributed by atoms with E-state index in [9.17, 15) is 14.7 Å². The second kappa shape index (κ2) is 9.80. The summed E-state index contributed by atoms with van der Waals surface area (Å²) < 4.78 is 0. The van der Waals surface area contributed by atoms with Crippen LogP contribution >= 0.6 is 0 Å².